The highest BCUT2D eigenvalue weighted by Crippen LogP contribution is 2.40. The Morgan fingerprint density at radius 3 is 2.81 bits per heavy atom. The Morgan fingerprint density at radius 1 is 1.38 bits per heavy atom. The number of hydrogen-bond acceptors (Lipinski definition) is 7. The first-order chi connectivity index (χ1) is 10.2. The van der Waals surface area contributed by atoms with E-state index < -0.39 is 0 Å². The average molecular weight is 336 g/mol. The zero-order valence-electron chi connectivity index (χ0n) is 11.7. The molecular weight excluding hydrogens is 324 g/mol. The topological polar surface area (TPSA) is 52.1 Å². The number of thiophene rings is 1. The van der Waals surface area contributed by atoms with Crippen LogP contribution >= 0.6 is 34.4 Å². The maximum Gasteiger partial charge on any atom is 0.340 e. The third-order valence-electron chi connectivity index (χ3n) is 3.03. The van der Waals surface area contributed by atoms with Crippen LogP contribution in [0, 0.1) is 6.92 Å². The maximum absolute atomic E-state index is 12.2. The second-order valence-corrected chi connectivity index (χ2v) is 7.25. The molecule has 21 heavy (non-hydrogen) atoms. The van der Waals surface area contributed by atoms with Gasteiger partial charge in [-0.2, -0.15) is 0 Å². The third-order valence-corrected chi connectivity index (χ3v) is 5.97. The highest BCUT2D eigenvalue weighted by atomic mass is 32.2. The van der Waals surface area contributed by atoms with Gasteiger partial charge in [-0.3, -0.25) is 0 Å². The van der Waals surface area contributed by atoms with Crippen molar-refractivity contribution in [2.75, 3.05) is 13.4 Å². The van der Waals surface area contributed by atoms with E-state index in [9.17, 15) is 4.79 Å². The number of aromatic nitrogens is 2. The van der Waals surface area contributed by atoms with Gasteiger partial charge in [0.15, 0.2) is 9.99 Å². The number of rotatable bonds is 3. The Balaban J connectivity index is 2.41. The minimum Gasteiger partial charge on any atom is -0.465 e. The number of aryl methyl sites for hydroxylation is 1. The molecule has 3 rings (SSSR count). The molecule has 108 valence electrons. The van der Waals surface area contributed by atoms with E-state index in [2.05, 4.69) is 9.97 Å². The van der Waals surface area contributed by atoms with Gasteiger partial charge < -0.3 is 4.74 Å². The number of thioether (sulfide) groups is 1. The predicted octanol–water partition coefficient (Wildman–Crippen LogP) is 4.24. The van der Waals surface area contributed by atoms with E-state index in [1.165, 1.54) is 7.11 Å². The van der Waals surface area contributed by atoms with Gasteiger partial charge in [0.05, 0.1) is 23.1 Å². The molecule has 3 aromatic heterocycles. The maximum atomic E-state index is 12.2. The summed E-state index contributed by atoms with van der Waals surface area (Å²) in [5.74, 6) is -0.357. The standard InChI is InChI=1S/C14H12N2O2S3/c1-7-9(13(17)18-2)10(8-5-4-6-20-8)11-12(15-7)16-14(19-3)21-11/h4-6H,1-3H3. The van der Waals surface area contributed by atoms with Crippen LogP contribution in [0.15, 0.2) is 21.9 Å². The van der Waals surface area contributed by atoms with Gasteiger partial charge in [0.2, 0.25) is 0 Å². The normalized spacial score (nSPS) is 11.0. The molecule has 4 nitrogen and oxygen atoms in total. The van der Waals surface area contributed by atoms with Crippen LogP contribution in [0.1, 0.15) is 16.1 Å². The fraction of sp³-hybridized carbons (Fsp3) is 0.214. The quantitative estimate of drug-likeness (QED) is 0.529. The van der Waals surface area contributed by atoms with Gasteiger partial charge in [-0.25, -0.2) is 14.8 Å². The molecule has 3 aromatic rings. The second-order valence-electron chi connectivity index (χ2n) is 4.25. The summed E-state index contributed by atoms with van der Waals surface area (Å²) < 4.78 is 6.82. The van der Waals surface area contributed by atoms with Crippen molar-refractivity contribution in [3.8, 4) is 10.4 Å². The number of methoxy groups -OCH3 is 1. The summed E-state index contributed by atoms with van der Waals surface area (Å²) in [6, 6.07) is 3.98. The molecule has 3 heterocycles. The molecule has 0 saturated heterocycles. The first-order valence-electron chi connectivity index (χ1n) is 6.13. The largest absolute Gasteiger partial charge is 0.465 e. The summed E-state index contributed by atoms with van der Waals surface area (Å²) in [4.78, 5) is 22.2. The molecule has 7 heteroatoms. The van der Waals surface area contributed by atoms with Crippen molar-refractivity contribution >= 4 is 50.8 Å². The molecule has 0 saturated carbocycles. The number of nitrogens with zero attached hydrogens (tertiary/aromatic N) is 2. The molecule has 0 aliphatic rings. The molecule has 0 radical (unpaired) electrons. The van der Waals surface area contributed by atoms with Crippen LogP contribution in [-0.2, 0) is 4.74 Å². The molecule has 0 aromatic carbocycles. The minimum absolute atomic E-state index is 0.357. The lowest BCUT2D eigenvalue weighted by Gasteiger charge is -2.09. The van der Waals surface area contributed by atoms with Crippen LogP contribution < -0.4 is 0 Å². The van der Waals surface area contributed by atoms with Crippen molar-refractivity contribution in [3.63, 3.8) is 0 Å². The van der Waals surface area contributed by atoms with Gasteiger partial charge in [0.1, 0.15) is 0 Å². The van der Waals surface area contributed by atoms with Gasteiger partial charge >= 0.3 is 5.97 Å². The molecule has 0 spiro atoms. The summed E-state index contributed by atoms with van der Waals surface area (Å²) in [5, 5.41) is 1.99. The molecule has 0 aliphatic carbocycles. The van der Waals surface area contributed by atoms with E-state index in [0.29, 0.717) is 16.9 Å². The zero-order valence-corrected chi connectivity index (χ0v) is 14.1. The summed E-state index contributed by atoms with van der Waals surface area (Å²) in [6.07, 6.45) is 1.98. The van der Waals surface area contributed by atoms with E-state index in [1.807, 2.05) is 30.7 Å². The van der Waals surface area contributed by atoms with E-state index in [-0.39, 0.29) is 5.97 Å². The lowest BCUT2D eigenvalue weighted by Crippen LogP contribution is -2.07. The molecule has 0 N–H and O–H groups in total. The Hall–Kier alpha value is -1.44. The minimum atomic E-state index is -0.357. The van der Waals surface area contributed by atoms with Crippen molar-refractivity contribution < 1.29 is 9.53 Å². The van der Waals surface area contributed by atoms with Crippen LogP contribution in [-0.4, -0.2) is 29.3 Å². The van der Waals surface area contributed by atoms with Crippen molar-refractivity contribution in [2.24, 2.45) is 0 Å². The molecular formula is C14H12N2O2S3. The van der Waals surface area contributed by atoms with Gasteiger partial charge in [0, 0.05) is 10.4 Å². The Kier molecular flexibility index (Phi) is 3.97. The van der Waals surface area contributed by atoms with Crippen LogP contribution in [0.2, 0.25) is 0 Å². The highest BCUT2D eigenvalue weighted by Gasteiger charge is 2.23. The zero-order chi connectivity index (χ0) is 15.0. The summed E-state index contributed by atoms with van der Waals surface area (Å²) in [5.41, 5.74) is 2.76. The van der Waals surface area contributed by atoms with E-state index in [1.54, 1.807) is 34.4 Å². The SMILES string of the molecule is COC(=O)c1c(C)nc2nc(SC)sc2c1-c1cccs1. The van der Waals surface area contributed by atoms with Crippen molar-refractivity contribution in [1.29, 1.82) is 0 Å². The monoisotopic (exact) mass is 336 g/mol. The summed E-state index contributed by atoms with van der Waals surface area (Å²) >= 11 is 4.74. The first-order valence-corrected chi connectivity index (χ1v) is 9.05. The molecule has 0 amide bonds. The smallest absolute Gasteiger partial charge is 0.340 e. The molecule has 0 aliphatic heterocycles. The number of thiazole rings is 1. The number of carbonyl (C=O) groups is 1. The summed E-state index contributed by atoms with van der Waals surface area (Å²) in [6.45, 7) is 1.82. The van der Waals surface area contributed by atoms with Crippen molar-refractivity contribution in [1.82, 2.24) is 9.97 Å². The van der Waals surface area contributed by atoms with Crippen LogP contribution in [0.25, 0.3) is 20.8 Å². The molecule has 0 bridgehead atoms. The molecule has 0 unspecified atom stereocenters. The van der Waals surface area contributed by atoms with Crippen LogP contribution in [0.4, 0.5) is 0 Å². The Bertz CT molecular complexity index is 809. The third kappa shape index (κ3) is 2.45. The van der Waals surface area contributed by atoms with Crippen LogP contribution in [0.5, 0.6) is 0 Å². The van der Waals surface area contributed by atoms with E-state index >= 15 is 0 Å². The second kappa shape index (κ2) is 5.75. The number of ether oxygens (including phenoxy) is 1. The number of fused-ring (bicyclic) bond motifs is 1. The number of pyridine rings is 1. The average Bonchev–Trinajstić information content (AvgIpc) is 3.13. The van der Waals surface area contributed by atoms with Gasteiger partial charge in [0.25, 0.3) is 0 Å². The Morgan fingerprint density at radius 2 is 2.19 bits per heavy atom. The van der Waals surface area contributed by atoms with Crippen molar-refractivity contribution in [3.05, 3.63) is 28.8 Å². The van der Waals surface area contributed by atoms with Gasteiger partial charge in [-0.15, -0.1) is 22.7 Å². The summed E-state index contributed by atoms with van der Waals surface area (Å²) in [7, 11) is 1.39. The lowest BCUT2D eigenvalue weighted by molar-refractivity contribution is 0.0600. The van der Waals surface area contributed by atoms with E-state index in [4.69, 9.17) is 4.74 Å². The number of carbonyl (C=O) groups excluding carboxylic acids is 1. The molecule has 0 fully saturated rings. The number of esters is 1. The lowest BCUT2D eigenvalue weighted by atomic mass is 10.1. The fourth-order valence-corrected chi connectivity index (χ4v) is 4.55. The first kappa shape index (κ1) is 14.5. The van der Waals surface area contributed by atoms with Crippen LogP contribution in [0.3, 0.4) is 0 Å². The van der Waals surface area contributed by atoms with E-state index in [0.717, 1.165) is 19.5 Å². The van der Waals surface area contributed by atoms with Gasteiger partial charge in [-0.05, 0) is 24.6 Å². The predicted molar refractivity (Wildman–Crippen MR) is 88.6 cm³/mol. The van der Waals surface area contributed by atoms with Crippen molar-refractivity contribution in [2.45, 2.75) is 11.3 Å². The highest BCUT2D eigenvalue weighted by molar-refractivity contribution is 8.00. The van der Waals surface area contributed by atoms with Gasteiger partial charge in [-0.1, -0.05) is 17.8 Å². The Labute approximate surface area is 134 Å². The number of hydrogen-bond donors (Lipinski definition) is 0. The molecule has 0 atom stereocenters. The fourth-order valence-electron chi connectivity index (χ4n) is 2.14.